The molecule has 4 N–H and O–H groups in total. The van der Waals surface area contributed by atoms with Gasteiger partial charge in [-0.1, -0.05) is 42.5 Å². The lowest BCUT2D eigenvalue weighted by Crippen LogP contribution is -2.43. The van der Waals surface area contributed by atoms with Gasteiger partial charge < -0.3 is 20.7 Å². The molecule has 29 heavy (non-hydrogen) atoms. The summed E-state index contributed by atoms with van der Waals surface area (Å²) in [5.74, 6) is 0.184. The molecule has 3 aromatic rings. The highest BCUT2D eigenvalue weighted by Crippen LogP contribution is 2.29. The minimum Gasteiger partial charge on any atom is -0.423 e. The van der Waals surface area contributed by atoms with Crippen LogP contribution in [0.25, 0.3) is 10.9 Å². The molecule has 0 radical (unpaired) electrons. The fraction of sp³-hybridized carbons (Fsp3) is 0.273. The third-order valence-corrected chi connectivity index (χ3v) is 5.75. The predicted octanol–water partition coefficient (Wildman–Crippen LogP) is 1.39. The van der Waals surface area contributed by atoms with Crippen LogP contribution in [0.2, 0.25) is 0 Å². The number of rotatable bonds is 4. The number of carbonyl (C=O) groups is 1. The van der Waals surface area contributed by atoms with Gasteiger partial charge in [-0.3, -0.25) is 9.78 Å². The van der Waals surface area contributed by atoms with Crippen LogP contribution < -0.4 is 11.2 Å². The number of hydrogen-bond donors (Lipinski definition) is 3. The molecule has 1 aromatic heterocycles. The second-order valence-electron chi connectivity index (χ2n) is 7.49. The van der Waals surface area contributed by atoms with Crippen LogP contribution in [0.4, 0.5) is 0 Å². The topological polar surface area (TPSA) is 99.7 Å². The summed E-state index contributed by atoms with van der Waals surface area (Å²) in [4.78, 5) is 19.3. The molecule has 1 saturated heterocycles. The van der Waals surface area contributed by atoms with Crippen LogP contribution in [0.3, 0.4) is 0 Å². The Balaban J connectivity index is 1.55. The van der Waals surface area contributed by atoms with Gasteiger partial charge in [0.1, 0.15) is 0 Å². The summed E-state index contributed by atoms with van der Waals surface area (Å²) in [7, 11) is -1.74. The van der Waals surface area contributed by atoms with Crippen LogP contribution in [-0.4, -0.2) is 46.0 Å². The van der Waals surface area contributed by atoms with Gasteiger partial charge in [-0.05, 0) is 36.0 Å². The van der Waals surface area contributed by atoms with E-state index >= 15 is 0 Å². The number of amides is 1. The fourth-order valence-electron chi connectivity index (χ4n) is 4.17. The van der Waals surface area contributed by atoms with Gasteiger partial charge in [0.05, 0.1) is 11.1 Å². The van der Waals surface area contributed by atoms with Crippen molar-refractivity contribution in [2.24, 2.45) is 5.73 Å². The van der Waals surface area contributed by atoms with Crippen LogP contribution in [0.1, 0.15) is 40.2 Å². The van der Waals surface area contributed by atoms with E-state index in [4.69, 9.17) is 5.73 Å². The number of likely N-dealkylation sites (tertiary alicyclic amines) is 1. The van der Waals surface area contributed by atoms with Gasteiger partial charge in [0.25, 0.3) is 5.91 Å². The zero-order chi connectivity index (χ0) is 20.4. The highest BCUT2D eigenvalue weighted by atomic mass is 16.4. The molecule has 148 valence electrons. The summed E-state index contributed by atoms with van der Waals surface area (Å²) in [5.41, 5.74) is 9.23. The average Bonchev–Trinajstić information content (AvgIpc) is 2.77. The molecule has 1 amide bonds. The average molecular weight is 389 g/mol. The summed E-state index contributed by atoms with van der Waals surface area (Å²) in [6.45, 7) is 1.75. The smallest absolute Gasteiger partial charge is 0.423 e. The van der Waals surface area contributed by atoms with Crippen molar-refractivity contribution < 1.29 is 14.8 Å². The molecule has 0 spiro atoms. The first-order valence-electron chi connectivity index (χ1n) is 9.90. The molecule has 2 aromatic carbocycles. The number of para-hydroxylation sites is 1. The maximum Gasteiger partial charge on any atom is 0.490 e. The standard InChI is InChI=1S/C22H24BN3O3/c24-13-15-4-3-5-17(12-15)16-8-10-26(11-9-16)22(27)19-14-25-20-7-2-1-6-18(20)21(19)23(28)29/h1-7,12,14,16,28-29H,8-11,13,24H2. The third kappa shape index (κ3) is 3.89. The highest BCUT2D eigenvalue weighted by Gasteiger charge is 2.29. The van der Waals surface area contributed by atoms with E-state index in [9.17, 15) is 14.8 Å². The molecular weight excluding hydrogens is 365 g/mol. The first-order valence-corrected chi connectivity index (χ1v) is 9.90. The molecule has 0 aliphatic carbocycles. The first kappa shape index (κ1) is 19.6. The molecule has 0 atom stereocenters. The Morgan fingerprint density at radius 3 is 2.62 bits per heavy atom. The minimum atomic E-state index is -1.74. The van der Waals surface area contributed by atoms with Crippen molar-refractivity contribution in [1.29, 1.82) is 0 Å². The Kier molecular flexibility index (Phi) is 5.62. The third-order valence-electron chi connectivity index (χ3n) is 5.75. The monoisotopic (exact) mass is 389 g/mol. The van der Waals surface area contributed by atoms with E-state index < -0.39 is 7.12 Å². The number of carbonyl (C=O) groups excluding carboxylic acids is 1. The van der Waals surface area contributed by atoms with Gasteiger partial charge in [0.2, 0.25) is 0 Å². The quantitative estimate of drug-likeness (QED) is 0.586. The number of nitrogens with zero attached hydrogens (tertiary/aromatic N) is 2. The Morgan fingerprint density at radius 2 is 1.90 bits per heavy atom. The summed E-state index contributed by atoms with van der Waals surface area (Å²) < 4.78 is 0. The maximum absolute atomic E-state index is 13.2. The number of pyridine rings is 1. The molecule has 4 rings (SSSR count). The molecule has 1 aliphatic rings. The van der Waals surface area contributed by atoms with Crippen LogP contribution in [0.5, 0.6) is 0 Å². The molecule has 0 bridgehead atoms. The number of piperidine rings is 1. The van der Waals surface area contributed by atoms with E-state index in [0.29, 0.717) is 36.5 Å². The Hall–Kier alpha value is -2.74. The SMILES string of the molecule is NCc1cccc(C2CCN(C(=O)c3cnc4ccccc4c3B(O)O)CC2)c1. The van der Waals surface area contributed by atoms with Crippen molar-refractivity contribution in [1.82, 2.24) is 9.88 Å². The van der Waals surface area contributed by atoms with Gasteiger partial charge in [-0.2, -0.15) is 0 Å². The number of nitrogens with two attached hydrogens (primary N) is 1. The van der Waals surface area contributed by atoms with E-state index in [1.54, 1.807) is 23.1 Å². The van der Waals surface area contributed by atoms with E-state index in [0.717, 1.165) is 18.4 Å². The van der Waals surface area contributed by atoms with E-state index in [1.165, 1.54) is 11.8 Å². The molecule has 1 fully saturated rings. The lowest BCUT2D eigenvalue weighted by atomic mass is 9.74. The van der Waals surface area contributed by atoms with Crippen molar-refractivity contribution in [3.8, 4) is 0 Å². The summed E-state index contributed by atoms with van der Waals surface area (Å²) in [5, 5.41) is 20.5. The van der Waals surface area contributed by atoms with Gasteiger partial charge in [0.15, 0.2) is 0 Å². The first-order chi connectivity index (χ1) is 14.1. The largest absolute Gasteiger partial charge is 0.490 e. The maximum atomic E-state index is 13.2. The number of benzene rings is 2. The molecular formula is C22H24BN3O3. The highest BCUT2D eigenvalue weighted by molar-refractivity contribution is 6.63. The second-order valence-corrected chi connectivity index (χ2v) is 7.49. The van der Waals surface area contributed by atoms with Crippen molar-refractivity contribution in [2.75, 3.05) is 13.1 Å². The zero-order valence-electron chi connectivity index (χ0n) is 16.2. The van der Waals surface area contributed by atoms with Gasteiger partial charge in [0, 0.05) is 36.7 Å². The van der Waals surface area contributed by atoms with E-state index in [1.807, 2.05) is 18.2 Å². The normalized spacial score (nSPS) is 14.9. The van der Waals surface area contributed by atoms with Crippen molar-refractivity contribution >= 4 is 29.4 Å². The summed E-state index contributed by atoms with van der Waals surface area (Å²) in [6.07, 6.45) is 3.17. The summed E-state index contributed by atoms with van der Waals surface area (Å²) in [6, 6.07) is 15.5. The van der Waals surface area contributed by atoms with Gasteiger partial charge in [-0.15, -0.1) is 0 Å². The molecule has 1 aliphatic heterocycles. The van der Waals surface area contributed by atoms with Gasteiger partial charge in [-0.25, -0.2) is 0 Å². The Labute approximate surface area is 170 Å². The molecule has 6 nitrogen and oxygen atoms in total. The predicted molar refractivity (Wildman–Crippen MR) is 114 cm³/mol. The van der Waals surface area contributed by atoms with Crippen molar-refractivity contribution in [3.63, 3.8) is 0 Å². The van der Waals surface area contributed by atoms with Crippen LogP contribution >= 0.6 is 0 Å². The van der Waals surface area contributed by atoms with Crippen LogP contribution in [0.15, 0.2) is 54.7 Å². The Morgan fingerprint density at radius 1 is 1.14 bits per heavy atom. The van der Waals surface area contributed by atoms with Crippen LogP contribution in [0, 0.1) is 0 Å². The van der Waals surface area contributed by atoms with Crippen molar-refractivity contribution in [3.05, 3.63) is 71.4 Å². The lowest BCUT2D eigenvalue weighted by molar-refractivity contribution is 0.0713. The summed E-state index contributed by atoms with van der Waals surface area (Å²) >= 11 is 0. The number of aromatic nitrogens is 1. The fourth-order valence-corrected chi connectivity index (χ4v) is 4.17. The minimum absolute atomic E-state index is 0.208. The number of fused-ring (bicyclic) bond motifs is 1. The molecule has 7 heteroatoms. The number of hydrogen-bond acceptors (Lipinski definition) is 5. The van der Waals surface area contributed by atoms with Crippen molar-refractivity contribution in [2.45, 2.75) is 25.3 Å². The van der Waals surface area contributed by atoms with Gasteiger partial charge >= 0.3 is 7.12 Å². The second kappa shape index (κ2) is 8.33. The Bertz CT molecular complexity index is 1030. The zero-order valence-corrected chi connectivity index (χ0v) is 16.2. The molecule has 2 heterocycles. The van der Waals surface area contributed by atoms with Crippen LogP contribution in [-0.2, 0) is 6.54 Å². The molecule has 0 saturated carbocycles. The van der Waals surface area contributed by atoms with E-state index in [2.05, 4.69) is 17.1 Å². The van der Waals surface area contributed by atoms with E-state index in [-0.39, 0.29) is 16.9 Å². The lowest BCUT2D eigenvalue weighted by Gasteiger charge is -2.33. The molecule has 0 unspecified atom stereocenters.